The maximum Gasteiger partial charge on any atom is 0.305 e. The van der Waals surface area contributed by atoms with E-state index in [1.54, 1.807) is 0 Å². The van der Waals surface area contributed by atoms with Crippen LogP contribution in [-0.4, -0.2) is 57.2 Å². The third-order valence-electron chi connectivity index (χ3n) is 7.96. The number of aliphatic carboxylic acids is 1. The molecule has 0 bridgehead atoms. The highest BCUT2D eigenvalue weighted by atomic mass is 28.4. The average Bonchev–Trinajstić information content (AvgIpc) is 2.65. The molecular formula is C26H50O6Si. The first-order valence-electron chi connectivity index (χ1n) is 13.0. The molecule has 1 aliphatic carbocycles. The quantitative estimate of drug-likeness (QED) is 0.275. The lowest BCUT2D eigenvalue weighted by Crippen LogP contribution is -2.54. The Morgan fingerprint density at radius 2 is 1.88 bits per heavy atom. The van der Waals surface area contributed by atoms with E-state index in [-0.39, 0.29) is 23.7 Å². The normalized spacial score (nSPS) is 30.0. The van der Waals surface area contributed by atoms with Crippen LogP contribution in [0.4, 0.5) is 0 Å². The topological polar surface area (TPSA) is 74.2 Å². The molecule has 1 saturated carbocycles. The minimum atomic E-state index is -2.03. The highest BCUT2D eigenvalue weighted by Crippen LogP contribution is 2.47. The summed E-state index contributed by atoms with van der Waals surface area (Å²) < 4.78 is 25.3. The van der Waals surface area contributed by atoms with Gasteiger partial charge < -0.3 is 23.7 Å². The largest absolute Gasteiger partial charge is 0.481 e. The smallest absolute Gasteiger partial charge is 0.305 e. The second-order valence-electron chi connectivity index (χ2n) is 12.2. The number of carboxylic acid groups (broad SMARTS) is 1. The van der Waals surface area contributed by atoms with E-state index >= 15 is 0 Å². The van der Waals surface area contributed by atoms with Crippen molar-refractivity contribution in [3.63, 3.8) is 0 Å². The van der Waals surface area contributed by atoms with Gasteiger partial charge in [0.1, 0.15) is 0 Å². The Labute approximate surface area is 203 Å². The standard InChI is InChI=1S/C26H50O6Si/c1-19(2)23-10-9-20(3)18-26(23)30-16-13-21(31-26)11-14-29-15-12-22(17-24(27)28)32-33(7,8)25(4,5)6/h19-23H,9-18H2,1-8H3,(H,27,28)/t20-,21-,22-,23+,26?/m1/s1. The third kappa shape index (κ3) is 8.31. The van der Waals surface area contributed by atoms with Crippen LogP contribution in [0.3, 0.4) is 0 Å². The zero-order valence-corrected chi connectivity index (χ0v) is 23.4. The molecule has 7 heteroatoms. The maximum absolute atomic E-state index is 11.4. The summed E-state index contributed by atoms with van der Waals surface area (Å²) in [4.78, 5) is 11.4. The predicted molar refractivity (Wildman–Crippen MR) is 134 cm³/mol. The van der Waals surface area contributed by atoms with Gasteiger partial charge in [0, 0.05) is 25.6 Å². The fourth-order valence-electron chi connectivity index (χ4n) is 5.03. The van der Waals surface area contributed by atoms with Crippen LogP contribution < -0.4 is 0 Å². The number of hydrogen-bond acceptors (Lipinski definition) is 5. The Bertz CT molecular complexity index is 616. The van der Waals surface area contributed by atoms with Crippen molar-refractivity contribution in [2.75, 3.05) is 19.8 Å². The summed E-state index contributed by atoms with van der Waals surface area (Å²) in [7, 11) is -2.03. The lowest BCUT2D eigenvalue weighted by atomic mass is 9.72. The predicted octanol–water partition coefficient (Wildman–Crippen LogP) is 6.24. The van der Waals surface area contributed by atoms with Crippen molar-refractivity contribution in [2.45, 2.75) is 123 Å². The van der Waals surface area contributed by atoms with Crippen molar-refractivity contribution in [2.24, 2.45) is 17.8 Å². The molecule has 2 rings (SSSR count). The first kappa shape index (κ1) is 28.8. The lowest BCUT2D eigenvalue weighted by Gasteiger charge is -2.51. The Hall–Kier alpha value is -0.473. The van der Waals surface area contributed by atoms with Crippen molar-refractivity contribution >= 4 is 14.3 Å². The Morgan fingerprint density at radius 3 is 2.48 bits per heavy atom. The van der Waals surface area contributed by atoms with Gasteiger partial charge in [0.25, 0.3) is 0 Å². The van der Waals surface area contributed by atoms with E-state index in [4.69, 9.17) is 18.6 Å². The van der Waals surface area contributed by atoms with E-state index in [2.05, 4.69) is 54.6 Å². The highest BCUT2D eigenvalue weighted by Gasteiger charge is 2.49. The second kappa shape index (κ2) is 12.0. The van der Waals surface area contributed by atoms with E-state index in [9.17, 15) is 9.90 Å². The molecule has 1 saturated heterocycles. The SMILES string of the molecule is CC(C)[C@@H]1CC[C@@H](C)CC12OCC[C@@H](CCOCC[C@H](CC(=O)O)O[Si](C)(C)C(C)(C)C)O2. The molecule has 194 valence electrons. The summed E-state index contributed by atoms with van der Waals surface area (Å²) in [5, 5.41) is 9.37. The van der Waals surface area contributed by atoms with E-state index in [1.165, 1.54) is 12.8 Å². The monoisotopic (exact) mass is 486 g/mol. The van der Waals surface area contributed by atoms with Crippen molar-refractivity contribution in [1.29, 1.82) is 0 Å². The molecule has 0 aromatic heterocycles. The Kier molecular flexibility index (Phi) is 10.4. The average molecular weight is 487 g/mol. The molecule has 1 unspecified atom stereocenters. The Morgan fingerprint density at radius 1 is 1.18 bits per heavy atom. The van der Waals surface area contributed by atoms with Gasteiger partial charge in [0.2, 0.25) is 0 Å². The molecule has 0 radical (unpaired) electrons. The Balaban J connectivity index is 1.82. The van der Waals surface area contributed by atoms with E-state index in [0.29, 0.717) is 37.4 Å². The van der Waals surface area contributed by atoms with Crippen molar-refractivity contribution < 1.29 is 28.5 Å². The van der Waals surface area contributed by atoms with Gasteiger partial charge in [0.15, 0.2) is 14.1 Å². The van der Waals surface area contributed by atoms with Gasteiger partial charge in [-0.3, -0.25) is 4.79 Å². The molecule has 0 amide bonds. The summed E-state index contributed by atoms with van der Waals surface area (Å²) in [6.45, 7) is 19.6. The van der Waals surface area contributed by atoms with Crippen LogP contribution in [0.25, 0.3) is 0 Å². The summed E-state index contributed by atoms with van der Waals surface area (Å²) in [5.41, 5.74) is 0. The van der Waals surface area contributed by atoms with E-state index in [0.717, 1.165) is 25.9 Å². The molecule has 1 spiro atoms. The molecule has 0 aromatic rings. The van der Waals surface area contributed by atoms with Crippen molar-refractivity contribution in [3.8, 4) is 0 Å². The van der Waals surface area contributed by atoms with Gasteiger partial charge >= 0.3 is 5.97 Å². The summed E-state index contributed by atoms with van der Waals surface area (Å²) in [6.07, 6.45) is 5.62. The van der Waals surface area contributed by atoms with Gasteiger partial charge in [-0.2, -0.15) is 0 Å². The van der Waals surface area contributed by atoms with Crippen LogP contribution >= 0.6 is 0 Å². The number of carbonyl (C=O) groups is 1. The van der Waals surface area contributed by atoms with E-state index < -0.39 is 20.1 Å². The first-order chi connectivity index (χ1) is 15.3. The number of carboxylic acids is 1. The van der Waals surface area contributed by atoms with Crippen LogP contribution in [0.15, 0.2) is 0 Å². The van der Waals surface area contributed by atoms with Gasteiger partial charge in [-0.15, -0.1) is 0 Å². The van der Waals surface area contributed by atoms with Crippen molar-refractivity contribution in [3.05, 3.63) is 0 Å². The van der Waals surface area contributed by atoms with Gasteiger partial charge in [-0.1, -0.05) is 48.0 Å². The minimum absolute atomic E-state index is 0.0240. The number of hydrogen-bond donors (Lipinski definition) is 1. The molecule has 33 heavy (non-hydrogen) atoms. The van der Waals surface area contributed by atoms with Crippen LogP contribution in [0.1, 0.15) is 86.5 Å². The molecule has 1 aliphatic heterocycles. The zero-order chi connectivity index (χ0) is 24.9. The fraction of sp³-hybridized carbons (Fsp3) is 0.962. The van der Waals surface area contributed by atoms with Gasteiger partial charge in [0.05, 0.1) is 25.2 Å². The molecule has 5 atom stereocenters. The number of ether oxygens (including phenoxy) is 3. The van der Waals surface area contributed by atoms with Crippen molar-refractivity contribution in [1.82, 2.24) is 0 Å². The third-order valence-corrected chi connectivity index (χ3v) is 12.5. The fourth-order valence-corrected chi connectivity index (χ4v) is 6.42. The zero-order valence-electron chi connectivity index (χ0n) is 22.4. The molecule has 6 nitrogen and oxygen atoms in total. The summed E-state index contributed by atoms with van der Waals surface area (Å²) in [5.74, 6) is 0.363. The van der Waals surface area contributed by atoms with Crippen LogP contribution in [0.2, 0.25) is 18.1 Å². The molecule has 1 heterocycles. The molecule has 0 aromatic carbocycles. The maximum atomic E-state index is 11.4. The molecule has 2 fully saturated rings. The molecular weight excluding hydrogens is 436 g/mol. The van der Waals surface area contributed by atoms with Crippen LogP contribution in [-0.2, 0) is 23.4 Å². The number of rotatable bonds is 11. The lowest BCUT2D eigenvalue weighted by molar-refractivity contribution is -0.340. The van der Waals surface area contributed by atoms with Crippen LogP contribution in [0, 0.1) is 17.8 Å². The van der Waals surface area contributed by atoms with Gasteiger partial charge in [-0.25, -0.2) is 0 Å². The first-order valence-corrected chi connectivity index (χ1v) is 16.0. The minimum Gasteiger partial charge on any atom is -0.481 e. The molecule has 1 N–H and O–H groups in total. The van der Waals surface area contributed by atoms with E-state index in [1.807, 2.05) is 0 Å². The summed E-state index contributed by atoms with van der Waals surface area (Å²) >= 11 is 0. The van der Waals surface area contributed by atoms with Gasteiger partial charge in [-0.05, 0) is 55.7 Å². The summed E-state index contributed by atoms with van der Waals surface area (Å²) in [6, 6.07) is 0. The highest BCUT2D eigenvalue weighted by molar-refractivity contribution is 6.74. The second-order valence-corrected chi connectivity index (χ2v) is 17.0. The van der Waals surface area contributed by atoms with Crippen LogP contribution in [0.5, 0.6) is 0 Å². The molecule has 2 aliphatic rings.